The Morgan fingerprint density at radius 1 is 0.305 bits per heavy atom. The molecule has 0 amide bonds. The third-order valence-electron chi connectivity index (χ3n) is 12.9. The van der Waals surface area contributed by atoms with Gasteiger partial charge < -0.3 is 9.13 Å². The zero-order chi connectivity index (χ0) is 39.2. The van der Waals surface area contributed by atoms with Gasteiger partial charge in [0, 0.05) is 43.9 Å². The molecule has 0 fully saturated rings. The van der Waals surface area contributed by atoms with E-state index in [2.05, 4.69) is 229 Å². The Morgan fingerprint density at radius 3 is 1.64 bits per heavy atom. The van der Waals surface area contributed by atoms with Crippen LogP contribution in [0.5, 0.6) is 0 Å². The van der Waals surface area contributed by atoms with Crippen molar-refractivity contribution in [3.8, 4) is 55.9 Å². The van der Waals surface area contributed by atoms with Crippen molar-refractivity contribution >= 4 is 43.6 Å². The van der Waals surface area contributed by atoms with Gasteiger partial charge in [-0.1, -0.05) is 166 Å². The van der Waals surface area contributed by atoms with E-state index in [1.807, 2.05) is 0 Å². The van der Waals surface area contributed by atoms with Crippen LogP contribution in [0.15, 0.2) is 206 Å². The highest BCUT2D eigenvalue weighted by Gasteiger charge is 2.35. The molecule has 0 radical (unpaired) electrons. The van der Waals surface area contributed by atoms with E-state index in [-0.39, 0.29) is 5.41 Å². The van der Waals surface area contributed by atoms with E-state index in [1.165, 1.54) is 99.2 Å². The second-order valence-corrected chi connectivity index (χ2v) is 16.5. The minimum Gasteiger partial charge on any atom is -0.309 e. The zero-order valence-electron chi connectivity index (χ0n) is 33.0. The lowest BCUT2D eigenvalue weighted by Crippen LogP contribution is -2.14. The lowest BCUT2D eigenvalue weighted by Gasteiger charge is -2.22. The molecule has 0 saturated carbocycles. The van der Waals surface area contributed by atoms with Crippen LogP contribution in [0.1, 0.15) is 25.0 Å². The number of benzene rings is 9. The third kappa shape index (κ3) is 5.06. The van der Waals surface area contributed by atoms with Gasteiger partial charge in [-0.05, 0) is 105 Å². The number of para-hydroxylation sites is 4. The smallest absolute Gasteiger partial charge is 0.0619 e. The van der Waals surface area contributed by atoms with E-state index < -0.39 is 0 Å². The first-order chi connectivity index (χ1) is 29.0. The molecule has 0 N–H and O–H groups in total. The highest BCUT2D eigenvalue weighted by Crippen LogP contribution is 2.50. The van der Waals surface area contributed by atoms with Gasteiger partial charge in [0.15, 0.2) is 0 Å². The first-order valence-corrected chi connectivity index (χ1v) is 20.6. The van der Waals surface area contributed by atoms with Crippen LogP contribution in [0.2, 0.25) is 0 Å². The van der Waals surface area contributed by atoms with Crippen LogP contribution in [-0.4, -0.2) is 9.13 Å². The van der Waals surface area contributed by atoms with Crippen LogP contribution in [0.25, 0.3) is 99.5 Å². The summed E-state index contributed by atoms with van der Waals surface area (Å²) in [6.07, 6.45) is 0. The van der Waals surface area contributed by atoms with E-state index in [0.717, 1.165) is 11.4 Å². The fourth-order valence-corrected chi connectivity index (χ4v) is 10.1. The summed E-state index contributed by atoms with van der Waals surface area (Å²) < 4.78 is 4.92. The van der Waals surface area contributed by atoms with Gasteiger partial charge in [0.1, 0.15) is 0 Å². The zero-order valence-corrected chi connectivity index (χ0v) is 33.0. The van der Waals surface area contributed by atoms with Crippen LogP contribution >= 0.6 is 0 Å². The van der Waals surface area contributed by atoms with Gasteiger partial charge in [-0.3, -0.25) is 0 Å². The third-order valence-corrected chi connectivity index (χ3v) is 12.9. The molecule has 59 heavy (non-hydrogen) atoms. The molecule has 0 atom stereocenters. The molecule has 2 nitrogen and oxygen atoms in total. The summed E-state index contributed by atoms with van der Waals surface area (Å²) in [5, 5.41) is 5.01. The van der Waals surface area contributed by atoms with Crippen molar-refractivity contribution in [2.45, 2.75) is 19.3 Å². The monoisotopic (exact) mass is 752 g/mol. The second kappa shape index (κ2) is 12.8. The number of hydrogen-bond donors (Lipinski definition) is 0. The molecule has 278 valence electrons. The molecule has 2 heterocycles. The van der Waals surface area contributed by atoms with E-state index in [4.69, 9.17) is 0 Å². The molecule has 2 heteroatoms. The molecule has 0 unspecified atom stereocenters. The number of nitrogens with zero attached hydrogens (tertiary/aromatic N) is 2. The summed E-state index contributed by atoms with van der Waals surface area (Å²) in [5.41, 5.74) is 19.6. The van der Waals surface area contributed by atoms with E-state index in [9.17, 15) is 0 Å². The van der Waals surface area contributed by atoms with Crippen molar-refractivity contribution in [3.05, 3.63) is 217 Å². The van der Waals surface area contributed by atoms with Gasteiger partial charge in [-0.25, -0.2) is 0 Å². The fraction of sp³-hybridized carbons (Fsp3) is 0.0526. The average molecular weight is 753 g/mol. The van der Waals surface area contributed by atoms with Crippen LogP contribution in [0.4, 0.5) is 0 Å². The predicted molar refractivity (Wildman–Crippen MR) is 249 cm³/mol. The summed E-state index contributed by atoms with van der Waals surface area (Å²) in [7, 11) is 0. The van der Waals surface area contributed by atoms with Crippen molar-refractivity contribution in [1.29, 1.82) is 0 Å². The number of hydrogen-bond acceptors (Lipinski definition) is 0. The van der Waals surface area contributed by atoms with Crippen LogP contribution in [0, 0.1) is 0 Å². The van der Waals surface area contributed by atoms with E-state index in [0.29, 0.717) is 0 Å². The van der Waals surface area contributed by atoms with Gasteiger partial charge in [0.05, 0.1) is 22.1 Å². The molecule has 0 spiro atoms. The Morgan fingerprint density at radius 2 is 0.864 bits per heavy atom. The van der Waals surface area contributed by atoms with E-state index in [1.54, 1.807) is 0 Å². The summed E-state index contributed by atoms with van der Waals surface area (Å²) in [4.78, 5) is 0. The molecule has 0 bridgehead atoms. The van der Waals surface area contributed by atoms with Crippen molar-refractivity contribution in [1.82, 2.24) is 9.13 Å². The summed E-state index contributed by atoms with van der Waals surface area (Å²) in [6.45, 7) is 4.74. The Balaban J connectivity index is 1.15. The molecule has 0 aliphatic heterocycles. The second-order valence-electron chi connectivity index (χ2n) is 16.5. The highest BCUT2D eigenvalue weighted by molar-refractivity contribution is 6.14. The van der Waals surface area contributed by atoms with Gasteiger partial charge in [0.2, 0.25) is 0 Å². The van der Waals surface area contributed by atoms with Crippen LogP contribution < -0.4 is 0 Å². The Bertz CT molecular complexity index is 3450. The first-order valence-electron chi connectivity index (χ1n) is 20.6. The summed E-state index contributed by atoms with van der Waals surface area (Å²) in [5.74, 6) is 0. The maximum Gasteiger partial charge on any atom is 0.0619 e. The summed E-state index contributed by atoms with van der Waals surface area (Å²) in [6, 6.07) is 76.3. The Labute approximate surface area is 343 Å². The first kappa shape index (κ1) is 33.7. The minimum atomic E-state index is -0.102. The molecule has 1 aliphatic rings. The van der Waals surface area contributed by atoms with Crippen LogP contribution in [-0.2, 0) is 5.41 Å². The number of fused-ring (bicyclic) bond motifs is 9. The molecular weight excluding hydrogens is 713 g/mol. The largest absolute Gasteiger partial charge is 0.309 e. The topological polar surface area (TPSA) is 9.86 Å². The molecule has 11 aromatic rings. The quantitative estimate of drug-likeness (QED) is 0.166. The maximum absolute atomic E-state index is 2.51. The van der Waals surface area contributed by atoms with Crippen LogP contribution in [0.3, 0.4) is 0 Å². The van der Waals surface area contributed by atoms with Crippen molar-refractivity contribution in [2.75, 3.05) is 0 Å². The molecule has 2 aromatic heterocycles. The molecule has 1 aliphatic carbocycles. The molecule has 12 rings (SSSR count). The van der Waals surface area contributed by atoms with Crippen molar-refractivity contribution < 1.29 is 0 Å². The average Bonchev–Trinajstić information content (AvgIpc) is 3.89. The normalized spacial score (nSPS) is 13.1. The lowest BCUT2D eigenvalue weighted by atomic mass is 9.81. The predicted octanol–water partition coefficient (Wildman–Crippen LogP) is 15.2. The fourth-order valence-electron chi connectivity index (χ4n) is 10.1. The van der Waals surface area contributed by atoms with Gasteiger partial charge in [-0.2, -0.15) is 0 Å². The number of rotatable bonds is 5. The lowest BCUT2D eigenvalue weighted by molar-refractivity contribution is 0.660. The summed E-state index contributed by atoms with van der Waals surface area (Å²) >= 11 is 0. The maximum atomic E-state index is 2.51. The van der Waals surface area contributed by atoms with Crippen molar-refractivity contribution in [2.24, 2.45) is 0 Å². The SMILES string of the molecule is CC1(C)c2ccccc2-c2ccc(-c3cc(-c4ccc5c6ccccc6n(-c6ccccc6)c5c4)cc(-n4c5ccccc5c5cccc(-c6ccccc6)c54)c3)cc21. The minimum absolute atomic E-state index is 0.102. The highest BCUT2D eigenvalue weighted by atomic mass is 15.0. The molecular formula is C57H40N2. The van der Waals surface area contributed by atoms with E-state index >= 15 is 0 Å². The number of aromatic nitrogens is 2. The van der Waals surface area contributed by atoms with Gasteiger partial charge in [-0.15, -0.1) is 0 Å². The Hall–Kier alpha value is -7.42. The molecule has 9 aromatic carbocycles. The van der Waals surface area contributed by atoms with Crippen molar-refractivity contribution in [3.63, 3.8) is 0 Å². The standard InChI is InChI=1S/C57H40N2/c1-57(2)51-25-12-9-20-45(51)46-30-28-38(35-52(46)57)40-32-41(39-29-31-49-47-21-10-13-26-53(47)58(55(49)36-39)42-18-7-4-8-19-42)34-43(33-40)59-54-27-14-11-22-48(54)50-24-15-23-44(56(50)59)37-16-5-3-6-17-37/h3-36H,1-2H3. The Kier molecular flexibility index (Phi) is 7.31. The van der Waals surface area contributed by atoms with Gasteiger partial charge >= 0.3 is 0 Å². The molecule has 0 saturated heterocycles. The van der Waals surface area contributed by atoms with Gasteiger partial charge in [0.25, 0.3) is 0 Å².